The Morgan fingerprint density at radius 1 is 1.20 bits per heavy atom. The van der Waals surface area contributed by atoms with Crippen LogP contribution in [0.15, 0.2) is 18.2 Å². The molecule has 2 N–H and O–H groups in total. The molecule has 1 aliphatic rings. The maximum Gasteiger partial charge on any atom is 0.129 e. The first kappa shape index (κ1) is 15.1. The van der Waals surface area contributed by atoms with Gasteiger partial charge in [0.25, 0.3) is 0 Å². The second-order valence-corrected chi connectivity index (χ2v) is 5.44. The molecular weight excluding hydrogens is 256 g/mol. The minimum atomic E-state index is -0.612. The summed E-state index contributed by atoms with van der Waals surface area (Å²) in [6.07, 6.45) is 3.61. The molecule has 0 bridgehead atoms. The molecule has 1 aromatic carbocycles. The highest BCUT2D eigenvalue weighted by atomic mass is 16.5. The summed E-state index contributed by atoms with van der Waals surface area (Å²) in [7, 11) is 1.60. The number of methoxy groups -OCH3 is 1. The fraction of sp³-hybridized carbons (Fsp3) is 0.625. The van der Waals surface area contributed by atoms with Gasteiger partial charge in [0.2, 0.25) is 0 Å². The minimum Gasteiger partial charge on any atom is -0.497 e. The van der Waals surface area contributed by atoms with Gasteiger partial charge in [0, 0.05) is 11.6 Å². The summed E-state index contributed by atoms with van der Waals surface area (Å²) >= 11 is 0. The van der Waals surface area contributed by atoms with E-state index in [0.717, 1.165) is 37.7 Å². The van der Waals surface area contributed by atoms with E-state index in [2.05, 4.69) is 0 Å². The van der Waals surface area contributed by atoms with Crippen molar-refractivity contribution < 1.29 is 19.7 Å². The fourth-order valence-electron chi connectivity index (χ4n) is 2.64. The summed E-state index contributed by atoms with van der Waals surface area (Å²) in [5, 5.41) is 20.0. The van der Waals surface area contributed by atoms with Crippen LogP contribution in [0.2, 0.25) is 0 Å². The molecule has 20 heavy (non-hydrogen) atoms. The quantitative estimate of drug-likeness (QED) is 0.833. The summed E-state index contributed by atoms with van der Waals surface area (Å²) in [4.78, 5) is 0. The number of aliphatic hydroxyl groups is 2. The van der Waals surface area contributed by atoms with E-state index < -0.39 is 12.2 Å². The lowest BCUT2D eigenvalue weighted by Gasteiger charge is -2.24. The van der Waals surface area contributed by atoms with Gasteiger partial charge in [-0.05, 0) is 38.3 Å². The number of aliphatic hydroxyl groups excluding tert-OH is 2. The van der Waals surface area contributed by atoms with E-state index in [1.807, 2.05) is 6.07 Å². The van der Waals surface area contributed by atoms with Gasteiger partial charge in [0.1, 0.15) is 17.6 Å². The average molecular weight is 280 g/mol. The largest absolute Gasteiger partial charge is 0.497 e. The van der Waals surface area contributed by atoms with Crippen LogP contribution in [0.4, 0.5) is 0 Å². The third-order valence-electron chi connectivity index (χ3n) is 3.87. The Bertz CT molecular complexity index is 430. The Hall–Kier alpha value is -1.26. The molecule has 1 aliphatic carbocycles. The molecule has 2 rings (SSSR count). The third kappa shape index (κ3) is 3.64. The molecule has 0 radical (unpaired) electrons. The monoisotopic (exact) mass is 280 g/mol. The molecule has 0 spiro atoms. The molecule has 4 heteroatoms. The van der Waals surface area contributed by atoms with Crippen molar-refractivity contribution in [3.8, 4) is 11.5 Å². The van der Waals surface area contributed by atoms with Crippen molar-refractivity contribution in [2.24, 2.45) is 0 Å². The number of hydrogen-bond donors (Lipinski definition) is 2. The molecule has 3 atom stereocenters. The first-order valence-corrected chi connectivity index (χ1v) is 7.32. The molecular formula is C16H24O4. The maximum atomic E-state index is 10.1. The summed E-state index contributed by atoms with van der Waals surface area (Å²) in [5.74, 6) is 1.29. The predicted octanol–water partition coefficient (Wildman–Crippen LogP) is 2.82. The number of benzene rings is 1. The standard InChI is InChI=1S/C16H24O4/c1-11(17)13-9-8-12(19-2)10-16(13)20-15-7-5-3-4-6-14(15)18/h8-11,14-15,17-18H,3-7H2,1-2H3/t11-,14?,15?/m1/s1. The van der Waals surface area contributed by atoms with Gasteiger partial charge >= 0.3 is 0 Å². The summed E-state index contributed by atoms with van der Waals surface area (Å²) in [6.45, 7) is 1.71. The first-order chi connectivity index (χ1) is 9.61. The van der Waals surface area contributed by atoms with Gasteiger partial charge in [-0.1, -0.05) is 12.8 Å². The zero-order valence-corrected chi connectivity index (χ0v) is 12.2. The first-order valence-electron chi connectivity index (χ1n) is 7.32. The summed E-state index contributed by atoms with van der Waals surface area (Å²) in [6, 6.07) is 5.39. The Morgan fingerprint density at radius 2 is 1.95 bits per heavy atom. The van der Waals surface area contributed by atoms with E-state index in [1.165, 1.54) is 0 Å². The van der Waals surface area contributed by atoms with Crippen LogP contribution < -0.4 is 9.47 Å². The summed E-state index contributed by atoms with van der Waals surface area (Å²) in [5.41, 5.74) is 0.724. The van der Waals surface area contributed by atoms with Crippen molar-refractivity contribution >= 4 is 0 Å². The highest BCUT2D eigenvalue weighted by Crippen LogP contribution is 2.32. The summed E-state index contributed by atoms with van der Waals surface area (Å²) < 4.78 is 11.2. The Labute approximate surface area is 120 Å². The van der Waals surface area contributed by atoms with E-state index in [0.29, 0.717) is 11.5 Å². The highest BCUT2D eigenvalue weighted by Gasteiger charge is 2.24. The Morgan fingerprint density at radius 3 is 2.65 bits per heavy atom. The Kier molecular flexibility index (Phi) is 5.26. The van der Waals surface area contributed by atoms with Crippen molar-refractivity contribution in [3.63, 3.8) is 0 Å². The van der Waals surface area contributed by atoms with E-state index in [-0.39, 0.29) is 6.10 Å². The molecule has 0 aliphatic heterocycles. The number of hydrogen-bond acceptors (Lipinski definition) is 4. The van der Waals surface area contributed by atoms with Gasteiger partial charge in [-0.25, -0.2) is 0 Å². The van der Waals surface area contributed by atoms with Gasteiger partial charge in [0.05, 0.1) is 19.3 Å². The molecule has 4 nitrogen and oxygen atoms in total. The lowest BCUT2D eigenvalue weighted by molar-refractivity contribution is 0.0298. The minimum absolute atomic E-state index is 0.206. The molecule has 1 aromatic rings. The number of ether oxygens (including phenoxy) is 2. The molecule has 0 saturated heterocycles. The third-order valence-corrected chi connectivity index (χ3v) is 3.87. The Balaban J connectivity index is 2.21. The smallest absolute Gasteiger partial charge is 0.129 e. The maximum absolute atomic E-state index is 10.1. The molecule has 0 aromatic heterocycles. The topological polar surface area (TPSA) is 58.9 Å². The van der Waals surface area contributed by atoms with Gasteiger partial charge in [-0.3, -0.25) is 0 Å². The van der Waals surface area contributed by atoms with Crippen LogP contribution in [-0.2, 0) is 0 Å². The van der Waals surface area contributed by atoms with Gasteiger partial charge in [0.15, 0.2) is 0 Å². The molecule has 1 saturated carbocycles. The normalized spacial score (nSPS) is 24.8. The van der Waals surface area contributed by atoms with Crippen LogP contribution >= 0.6 is 0 Å². The predicted molar refractivity (Wildman–Crippen MR) is 77.1 cm³/mol. The molecule has 2 unspecified atom stereocenters. The van der Waals surface area contributed by atoms with Gasteiger partial charge < -0.3 is 19.7 Å². The van der Waals surface area contributed by atoms with Crippen LogP contribution in [0.25, 0.3) is 0 Å². The average Bonchev–Trinajstić information content (AvgIpc) is 2.64. The van der Waals surface area contributed by atoms with Crippen LogP contribution in [0, 0.1) is 0 Å². The molecule has 1 fully saturated rings. The van der Waals surface area contributed by atoms with Crippen molar-refractivity contribution in [1.29, 1.82) is 0 Å². The van der Waals surface area contributed by atoms with Crippen LogP contribution in [0.5, 0.6) is 11.5 Å². The molecule has 0 amide bonds. The van der Waals surface area contributed by atoms with Crippen LogP contribution in [0.1, 0.15) is 50.7 Å². The second-order valence-electron chi connectivity index (χ2n) is 5.44. The van der Waals surface area contributed by atoms with Crippen molar-refractivity contribution in [2.45, 2.75) is 57.3 Å². The molecule has 112 valence electrons. The fourth-order valence-corrected chi connectivity index (χ4v) is 2.64. The zero-order valence-electron chi connectivity index (χ0n) is 12.2. The SMILES string of the molecule is COc1ccc([C@@H](C)O)c(OC2CCCCCC2O)c1. The van der Waals surface area contributed by atoms with E-state index in [1.54, 1.807) is 26.2 Å². The van der Waals surface area contributed by atoms with Crippen molar-refractivity contribution in [1.82, 2.24) is 0 Å². The van der Waals surface area contributed by atoms with E-state index >= 15 is 0 Å². The zero-order chi connectivity index (χ0) is 14.5. The van der Waals surface area contributed by atoms with E-state index in [9.17, 15) is 10.2 Å². The van der Waals surface area contributed by atoms with Crippen LogP contribution in [-0.4, -0.2) is 29.5 Å². The lowest BCUT2D eigenvalue weighted by atomic mass is 10.1. The number of rotatable bonds is 4. The van der Waals surface area contributed by atoms with Crippen molar-refractivity contribution in [3.05, 3.63) is 23.8 Å². The van der Waals surface area contributed by atoms with Gasteiger partial charge in [-0.2, -0.15) is 0 Å². The van der Waals surface area contributed by atoms with Crippen molar-refractivity contribution in [2.75, 3.05) is 7.11 Å². The second kappa shape index (κ2) is 6.95. The van der Waals surface area contributed by atoms with E-state index in [4.69, 9.17) is 9.47 Å². The van der Waals surface area contributed by atoms with Gasteiger partial charge in [-0.15, -0.1) is 0 Å². The molecule has 0 heterocycles. The highest BCUT2D eigenvalue weighted by molar-refractivity contribution is 5.42. The van der Waals surface area contributed by atoms with Crippen LogP contribution in [0.3, 0.4) is 0 Å². The lowest BCUT2D eigenvalue weighted by Crippen LogP contribution is -2.30.